The van der Waals surface area contributed by atoms with Crippen LogP contribution >= 0.6 is 15.9 Å². The molecule has 3 nitrogen and oxygen atoms in total. The molecular formula is C8H4BrFO3. The molecule has 0 radical (unpaired) electrons. The Morgan fingerprint density at radius 3 is 2.92 bits per heavy atom. The summed E-state index contributed by atoms with van der Waals surface area (Å²) in [6.07, 6.45) is 0. The smallest absolute Gasteiger partial charge is 0.344 e. The number of benzene rings is 1. The van der Waals surface area contributed by atoms with Crippen molar-refractivity contribution in [1.82, 2.24) is 0 Å². The van der Waals surface area contributed by atoms with E-state index in [4.69, 9.17) is 4.74 Å². The minimum atomic E-state index is -0.575. The number of halogens is 2. The summed E-state index contributed by atoms with van der Waals surface area (Å²) in [5.74, 6) is -1.19. The van der Waals surface area contributed by atoms with Gasteiger partial charge in [0.05, 0.1) is 4.47 Å². The first-order valence-electron chi connectivity index (χ1n) is 3.48. The van der Waals surface area contributed by atoms with E-state index < -0.39 is 11.8 Å². The Hall–Kier alpha value is -1.10. The van der Waals surface area contributed by atoms with E-state index >= 15 is 0 Å². The quantitative estimate of drug-likeness (QED) is 0.658. The second-order valence-electron chi connectivity index (χ2n) is 2.43. The fourth-order valence-corrected chi connectivity index (χ4v) is 1.37. The lowest BCUT2D eigenvalue weighted by Gasteiger charge is -2.17. The molecule has 0 saturated carbocycles. The van der Waals surface area contributed by atoms with Crippen LogP contribution in [-0.2, 0) is 4.74 Å². The van der Waals surface area contributed by atoms with Crippen LogP contribution in [0.3, 0.4) is 0 Å². The van der Waals surface area contributed by atoms with Gasteiger partial charge in [0.2, 0.25) is 6.79 Å². The van der Waals surface area contributed by atoms with Gasteiger partial charge in [0.1, 0.15) is 5.56 Å². The van der Waals surface area contributed by atoms with Gasteiger partial charge in [-0.1, -0.05) is 0 Å². The summed E-state index contributed by atoms with van der Waals surface area (Å²) in [6.45, 7) is -0.237. The van der Waals surface area contributed by atoms with Crippen molar-refractivity contribution in [3.63, 3.8) is 0 Å². The van der Waals surface area contributed by atoms with Crippen molar-refractivity contribution in [2.45, 2.75) is 0 Å². The van der Waals surface area contributed by atoms with Crippen LogP contribution in [0.4, 0.5) is 4.39 Å². The van der Waals surface area contributed by atoms with Crippen LogP contribution in [0.25, 0.3) is 0 Å². The molecule has 1 aliphatic rings. The topological polar surface area (TPSA) is 35.5 Å². The summed E-state index contributed by atoms with van der Waals surface area (Å²) in [7, 11) is 0. The molecule has 1 aliphatic heterocycles. The Kier molecular flexibility index (Phi) is 1.95. The standard InChI is InChI=1S/C8H4BrFO3/c9-5-2-1-4-7(6(5)10)12-3-13-8(4)11/h1-2H,3H2. The summed E-state index contributed by atoms with van der Waals surface area (Å²) >= 11 is 2.99. The third-order valence-electron chi connectivity index (χ3n) is 1.66. The lowest BCUT2D eigenvalue weighted by molar-refractivity contribution is 0.00324. The average Bonchev–Trinajstić information content (AvgIpc) is 2.12. The summed E-state index contributed by atoms with van der Waals surface area (Å²) in [5.41, 5.74) is 0.118. The van der Waals surface area contributed by atoms with Crippen LogP contribution in [0.5, 0.6) is 5.75 Å². The molecule has 68 valence electrons. The number of cyclic esters (lactones) is 1. The Bertz CT molecular complexity index is 378. The highest BCUT2D eigenvalue weighted by molar-refractivity contribution is 9.10. The van der Waals surface area contributed by atoms with Crippen LogP contribution in [0, 0.1) is 5.82 Å². The van der Waals surface area contributed by atoms with Crippen LogP contribution in [-0.4, -0.2) is 12.8 Å². The lowest BCUT2D eigenvalue weighted by Crippen LogP contribution is -2.19. The predicted octanol–water partition coefficient (Wildman–Crippen LogP) is 2.09. The van der Waals surface area contributed by atoms with E-state index in [0.717, 1.165) is 0 Å². The number of fused-ring (bicyclic) bond motifs is 1. The van der Waals surface area contributed by atoms with E-state index in [2.05, 4.69) is 20.7 Å². The monoisotopic (exact) mass is 246 g/mol. The molecule has 1 aromatic carbocycles. The summed E-state index contributed by atoms with van der Waals surface area (Å²) in [5, 5.41) is 0. The van der Waals surface area contributed by atoms with Gasteiger partial charge in [-0.05, 0) is 28.1 Å². The Morgan fingerprint density at radius 1 is 1.38 bits per heavy atom. The molecule has 0 atom stereocenters. The molecule has 0 fully saturated rings. The van der Waals surface area contributed by atoms with Crippen molar-refractivity contribution >= 4 is 21.9 Å². The molecule has 0 spiro atoms. The average molecular weight is 247 g/mol. The van der Waals surface area contributed by atoms with Crippen molar-refractivity contribution in [3.05, 3.63) is 28.0 Å². The predicted molar refractivity (Wildman–Crippen MR) is 45.0 cm³/mol. The van der Waals surface area contributed by atoms with Gasteiger partial charge in [-0.15, -0.1) is 0 Å². The Balaban J connectivity index is 2.63. The van der Waals surface area contributed by atoms with Gasteiger partial charge in [0.25, 0.3) is 0 Å². The zero-order valence-corrected chi connectivity index (χ0v) is 7.93. The molecule has 0 saturated heterocycles. The van der Waals surface area contributed by atoms with E-state index in [-0.39, 0.29) is 22.6 Å². The zero-order chi connectivity index (χ0) is 9.42. The Labute approximate surface area is 81.6 Å². The first-order valence-corrected chi connectivity index (χ1v) is 4.27. The number of ether oxygens (including phenoxy) is 2. The molecule has 0 bridgehead atoms. The SMILES string of the molecule is O=C1OCOc2c1ccc(Br)c2F. The van der Waals surface area contributed by atoms with E-state index in [0.29, 0.717) is 0 Å². The van der Waals surface area contributed by atoms with Gasteiger partial charge >= 0.3 is 5.97 Å². The van der Waals surface area contributed by atoms with Gasteiger partial charge in [-0.25, -0.2) is 9.18 Å². The number of carbonyl (C=O) groups excluding carboxylic acids is 1. The van der Waals surface area contributed by atoms with Crippen LogP contribution < -0.4 is 4.74 Å². The normalized spacial score (nSPS) is 14.5. The van der Waals surface area contributed by atoms with Crippen molar-refractivity contribution in [2.75, 3.05) is 6.79 Å². The van der Waals surface area contributed by atoms with Crippen molar-refractivity contribution in [1.29, 1.82) is 0 Å². The molecular weight excluding hydrogens is 243 g/mol. The molecule has 0 unspecified atom stereocenters. The molecule has 0 aromatic heterocycles. The van der Waals surface area contributed by atoms with E-state index in [1.54, 1.807) is 0 Å². The van der Waals surface area contributed by atoms with E-state index in [9.17, 15) is 9.18 Å². The molecule has 13 heavy (non-hydrogen) atoms. The number of hydrogen-bond acceptors (Lipinski definition) is 3. The first kappa shape index (κ1) is 8.50. The van der Waals surface area contributed by atoms with Crippen molar-refractivity contribution in [2.24, 2.45) is 0 Å². The maximum Gasteiger partial charge on any atom is 0.344 e. The number of hydrogen-bond donors (Lipinski definition) is 0. The highest BCUT2D eigenvalue weighted by Crippen LogP contribution is 2.31. The number of esters is 1. The molecule has 5 heteroatoms. The largest absolute Gasteiger partial charge is 0.453 e. The highest BCUT2D eigenvalue weighted by atomic mass is 79.9. The van der Waals surface area contributed by atoms with Gasteiger partial charge in [0.15, 0.2) is 11.6 Å². The lowest BCUT2D eigenvalue weighted by atomic mass is 10.2. The third-order valence-corrected chi connectivity index (χ3v) is 2.28. The Morgan fingerprint density at radius 2 is 2.15 bits per heavy atom. The minimum Gasteiger partial charge on any atom is -0.453 e. The number of carbonyl (C=O) groups is 1. The van der Waals surface area contributed by atoms with Gasteiger partial charge in [-0.3, -0.25) is 0 Å². The molecule has 0 amide bonds. The van der Waals surface area contributed by atoms with Crippen LogP contribution in [0.2, 0.25) is 0 Å². The second-order valence-corrected chi connectivity index (χ2v) is 3.29. The fraction of sp³-hybridized carbons (Fsp3) is 0.125. The molecule has 0 aliphatic carbocycles. The third kappa shape index (κ3) is 1.29. The van der Waals surface area contributed by atoms with Gasteiger partial charge in [0, 0.05) is 0 Å². The van der Waals surface area contributed by atoms with E-state index in [1.165, 1.54) is 12.1 Å². The maximum absolute atomic E-state index is 13.3. The summed E-state index contributed by atoms with van der Waals surface area (Å²) < 4.78 is 23.0. The molecule has 0 N–H and O–H groups in total. The van der Waals surface area contributed by atoms with Crippen LogP contribution in [0.15, 0.2) is 16.6 Å². The fourth-order valence-electron chi connectivity index (χ4n) is 1.05. The van der Waals surface area contributed by atoms with Crippen molar-refractivity contribution < 1.29 is 18.7 Å². The molecule has 1 heterocycles. The zero-order valence-electron chi connectivity index (χ0n) is 6.34. The summed E-state index contributed by atoms with van der Waals surface area (Å²) in [6, 6.07) is 2.88. The minimum absolute atomic E-state index is 0.0503. The van der Waals surface area contributed by atoms with Gasteiger partial charge < -0.3 is 9.47 Å². The number of rotatable bonds is 0. The maximum atomic E-state index is 13.3. The van der Waals surface area contributed by atoms with Gasteiger partial charge in [-0.2, -0.15) is 0 Å². The molecule has 1 aromatic rings. The van der Waals surface area contributed by atoms with E-state index in [1.807, 2.05) is 0 Å². The van der Waals surface area contributed by atoms with Crippen LogP contribution in [0.1, 0.15) is 10.4 Å². The van der Waals surface area contributed by atoms with Crippen molar-refractivity contribution in [3.8, 4) is 5.75 Å². The summed E-state index contributed by atoms with van der Waals surface area (Å²) in [4.78, 5) is 11.1. The molecule has 2 rings (SSSR count). The first-order chi connectivity index (χ1) is 6.20. The second kappa shape index (κ2) is 2.99. The highest BCUT2D eigenvalue weighted by Gasteiger charge is 2.24.